The van der Waals surface area contributed by atoms with E-state index in [1.165, 1.54) is 18.6 Å². The van der Waals surface area contributed by atoms with Crippen LogP contribution in [-0.4, -0.2) is 32.7 Å². The number of hydrogen-bond donors (Lipinski definition) is 1. The number of rotatable bonds is 4. The summed E-state index contributed by atoms with van der Waals surface area (Å²) < 4.78 is 0.236. The summed E-state index contributed by atoms with van der Waals surface area (Å²) in [5.41, 5.74) is 0. The molecule has 0 spiro atoms. The Morgan fingerprint density at radius 3 is 2.73 bits per heavy atom. The van der Waals surface area contributed by atoms with E-state index in [0.717, 1.165) is 10.5 Å². The molecule has 0 aromatic heterocycles. The standard InChI is InChI=1S/C8H14OS2/c1-8(5-9)7(11-8)3-2-6-4-10-6/h6-7,9H,2-5H2,1H3. The summed E-state index contributed by atoms with van der Waals surface area (Å²) in [5.74, 6) is 1.38. The first-order valence-electron chi connectivity index (χ1n) is 4.15. The van der Waals surface area contributed by atoms with Crippen molar-refractivity contribution in [2.24, 2.45) is 0 Å². The third-order valence-electron chi connectivity index (χ3n) is 2.50. The van der Waals surface area contributed by atoms with Crippen molar-refractivity contribution in [2.45, 2.75) is 35.0 Å². The molecule has 64 valence electrons. The number of aliphatic hydroxyl groups is 1. The quantitative estimate of drug-likeness (QED) is 0.682. The fraction of sp³-hybridized carbons (Fsp3) is 1.00. The van der Waals surface area contributed by atoms with Crippen LogP contribution in [0.2, 0.25) is 0 Å². The molecule has 2 rings (SSSR count). The van der Waals surface area contributed by atoms with Crippen molar-refractivity contribution in [3.8, 4) is 0 Å². The first-order valence-corrected chi connectivity index (χ1v) is 6.08. The Hall–Kier alpha value is 0.660. The zero-order valence-electron chi connectivity index (χ0n) is 6.75. The van der Waals surface area contributed by atoms with Crippen LogP contribution in [0.4, 0.5) is 0 Å². The van der Waals surface area contributed by atoms with Gasteiger partial charge in [0.05, 0.1) is 6.61 Å². The second kappa shape index (κ2) is 2.86. The molecule has 0 amide bonds. The van der Waals surface area contributed by atoms with Crippen molar-refractivity contribution >= 4 is 23.5 Å². The third-order valence-corrected chi connectivity index (χ3v) is 5.28. The summed E-state index contributed by atoms with van der Waals surface area (Å²) >= 11 is 4.02. The first-order chi connectivity index (χ1) is 5.24. The SMILES string of the molecule is CC1(CO)SC1CCC1CS1. The lowest BCUT2D eigenvalue weighted by atomic mass is 10.0. The van der Waals surface area contributed by atoms with Gasteiger partial charge in [-0.25, -0.2) is 0 Å². The monoisotopic (exact) mass is 190 g/mol. The molecule has 0 aromatic rings. The molecule has 0 saturated carbocycles. The Labute approximate surface area is 76.3 Å². The van der Waals surface area contributed by atoms with Gasteiger partial charge >= 0.3 is 0 Å². The Kier molecular flexibility index (Phi) is 2.15. The van der Waals surface area contributed by atoms with Crippen LogP contribution < -0.4 is 0 Å². The molecule has 0 bridgehead atoms. The maximum Gasteiger partial charge on any atom is 0.0586 e. The molecular weight excluding hydrogens is 176 g/mol. The molecule has 2 aliphatic rings. The molecule has 1 N–H and O–H groups in total. The second-order valence-corrected chi connectivity index (χ2v) is 6.68. The van der Waals surface area contributed by atoms with Crippen LogP contribution in [-0.2, 0) is 0 Å². The summed E-state index contributed by atoms with van der Waals surface area (Å²) in [6.07, 6.45) is 2.69. The lowest BCUT2D eigenvalue weighted by molar-refractivity contribution is 0.267. The fourth-order valence-corrected chi connectivity index (χ4v) is 3.07. The highest BCUT2D eigenvalue weighted by molar-refractivity contribution is 8.08. The molecule has 2 fully saturated rings. The predicted molar refractivity (Wildman–Crippen MR) is 52.3 cm³/mol. The van der Waals surface area contributed by atoms with Gasteiger partial charge in [-0.15, -0.1) is 11.8 Å². The van der Waals surface area contributed by atoms with E-state index in [2.05, 4.69) is 18.7 Å². The van der Waals surface area contributed by atoms with Crippen LogP contribution >= 0.6 is 23.5 Å². The molecule has 1 nitrogen and oxygen atoms in total. The van der Waals surface area contributed by atoms with Gasteiger partial charge in [0.25, 0.3) is 0 Å². The first kappa shape index (κ1) is 8.27. The molecule has 0 radical (unpaired) electrons. The highest BCUT2D eigenvalue weighted by atomic mass is 32.2. The minimum atomic E-state index is 0.236. The topological polar surface area (TPSA) is 20.2 Å². The van der Waals surface area contributed by atoms with Crippen LogP contribution in [0.25, 0.3) is 0 Å². The zero-order chi connectivity index (χ0) is 7.90. The van der Waals surface area contributed by atoms with Gasteiger partial charge < -0.3 is 5.11 Å². The van der Waals surface area contributed by atoms with Crippen molar-refractivity contribution in [1.82, 2.24) is 0 Å². The van der Waals surface area contributed by atoms with Crippen molar-refractivity contribution < 1.29 is 5.11 Å². The van der Waals surface area contributed by atoms with Crippen LogP contribution in [0.3, 0.4) is 0 Å². The van der Waals surface area contributed by atoms with Crippen molar-refractivity contribution in [1.29, 1.82) is 0 Å². The van der Waals surface area contributed by atoms with E-state index in [9.17, 15) is 0 Å². The van der Waals surface area contributed by atoms with Gasteiger partial charge in [0.15, 0.2) is 0 Å². The van der Waals surface area contributed by atoms with Crippen LogP contribution in [0.5, 0.6) is 0 Å². The van der Waals surface area contributed by atoms with E-state index in [1.807, 2.05) is 11.8 Å². The molecule has 0 aliphatic carbocycles. The summed E-state index contributed by atoms with van der Waals surface area (Å²) in [7, 11) is 0. The van der Waals surface area contributed by atoms with Crippen molar-refractivity contribution in [3.05, 3.63) is 0 Å². The molecular formula is C8H14OS2. The molecule has 3 atom stereocenters. The van der Waals surface area contributed by atoms with E-state index in [-0.39, 0.29) is 4.75 Å². The molecule has 3 heteroatoms. The minimum absolute atomic E-state index is 0.236. The fourth-order valence-electron chi connectivity index (χ4n) is 1.37. The molecule has 3 unspecified atom stereocenters. The van der Waals surface area contributed by atoms with Gasteiger partial charge in [0, 0.05) is 21.0 Å². The smallest absolute Gasteiger partial charge is 0.0586 e. The van der Waals surface area contributed by atoms with Gasteiger partial charge in [-0.3, -0.25) is 0 Å². The lowest BCUT2D eigenvalue weighted by Crippen LogP contribution is -2.14. The van der Waals surface area contributed by atoms with Gasteiger partial charge in [0.1, 0.15) is 0 Å². The molecule has 2 aliphatic heterocycles. The highest BCUT2D eigenvalue weighted by Gasteiger charge is 2.50. The molecule has 11 heavy (non-hydrogen) atoms. The third kappa shape index (κ3) is 1.87. The van der Waals surface area contributed by atoms with E-state index in [4.69, 9.17) is 5.11 Å². The largest absolute Gasteiger partial charge is 0.395 e. The Morgan fingerprint density at radius 1 is 1.55 bits per heavy atom. The maximum atomic E-state index is 8.99. The number of aliphatic hydroxyl groups excluding tert-OH is 1. The van der Waals surface area contributed by atoms with E-state index in [1.54, 1.807) is 0 Å². The van der Waals surface area contributed by atoms with Crippen LogP contribution in [0.15, 0.2) is 0 Å². The average Bonchev–Trinajstić information content (AvgIpc) is 2.83. The van der Waals surface area contributed by atoms with Gasteiger partial charge in [-0.05, 0) is 19.8 Å². The average molecular weight is 190 g/mol. The summed E-state index contributed by atoms with van der Waals surface area (Å²) in [6, 6.07) is 0. The normalized spacial score (nSPS) is 47.5. The van der Waals surface area contributed by atoms with Crippen LogP contribution in [0, 0.1) is 0 Å². The number of hydrogen-bond acceptors (Lipinski definition) is 3. The van der Waals surface area contributed by atoms with E-state index < -0.39 is 0 Å². The summed E-state index contributed by atoms with van der Waals surface area (Å²) in [4.78, 5) is 0. The van der Waals surface area contributed by atoms with Gasteiger partial charge in [-0.1, -0.05) is 0 Å². The predicted octanol–water partition coefficient (Wildman–Crippen LogP) is 1.75. The van der Waals surface area contributed by atoms with Gasteiger partial charge in [-0.2, -0.15) is 11.8 Å². The second-order valence-electron chi connectivity index (χ2n) is 3.61. The van der Waals surface area contributed by atoms with E-state index in [0.29, 0.717) is 6.61 Å². The Morgan fingerprint density at radius 2 is 2.27 bits per heavy atom. The molecule has 2 heterocycles. The number of thioether (sulfide) groups is 2. The van der Waals surface area contributed by atoms with E-state index >= 15 is 0 Å². The summed E-state index contributed by atoms with van der Waals surface area (Å²) in [6.45, 7) is 2.53. The maximum absolute atomic E-state index is 8.99. The lowest BCUT2D eigenvalue weighted by Gasteiger charge is -2.01. The highest BCUT2D eigenvalue weighted by Crippen LogP contribution is 2.56. The Balaban J connectivity index is 1.65. The van der Waals surface area contributed by atoms with Crippen molar-refractivity contribution in [3.63, 3.8) is 0 Å². The zero-order valence-corrected chi connectivity index (χ0v) is 8.38. The minimum Gasteiger partial charge on any atom is -0.395 e. The van der Waals surface area contributed by atoms with Crippen molar-refractivity contribution in [2.75, 3.05) is 12.4 Å². The Bertz CT molecular complexity index is 158. The van der Waals surface area contributed by atoms with Gasteiger partial charge in [0.2, 0.25) is 0 Å². The molecule has 2 saturated heterocycles. The van der Waals surface area contributed by atoms with Crippen LogP contribution in [0.1, 0.15) is 19.8 Å². The molecule has 0 aromatic carbocycles. The summed E-state index contributed by atoms with van der Waals surface area (Å²) in [5, 5.41) is 10.7.